The Morgan fingerprint density at radius 1 is 0.971 bits per heavy atom. The minimum atomic E-state index is -0.291. The zero-order chi connectivity index (χ0) is 25.5. The lowest BCUT2D eigenvalue weighted by atomic mass is 10.1. The van der Waals surface area contributed by atoms with Gasteiger partial charge < -0.3 is 19.0 Å². The van der Waals surface area contributed by atoms with Crippen LogP contribution in [0.15, 0.2) is 53.7 Å². The molecule has 2 rings (SSSR count). The molecule has 5 heteroatoms. The molecule has 0 heterocycles. The first-order valence-electron chi connectivity index (χ1n) is 11.7. The Kier molecular flexibility index (Phi) is 13.0. The van der Waals surface area contributed by atoms with Gasteiger partial charge in [-0.15, -0.1) is 0 Å². The van der Waals surface area contributed by atoms with E-state index < -0.39 is 0 Å². The number of ether oxygens (including phenoxy) is 3. The van der Waals surface area contributed by atoms with Crippen LogP contribution in [0.4, 0.5) is 0 Å². The number of hydrogen-bond donors (Lipinski definition) is 0. The second-order valence-electron chi connectivity index (χ2n) is 7.46. The molecule has 2 aromatic rings. The van der Waals surface area contributed by atoms with Crippen molar-refractivity contribution >= 4 is 5.71 Å². The van der Waals surface area contributed by atoms with Crippen molar-refractivity contribution in [2.45, 2.75) is 67.6 Å². The van der Waals surface area contributed by atoms with E-state index in [1.54, 1.807) is 0 Å². The van der Waals surface area contributed by atoms with Crippen LogP contribution in [0.25, 0.3) is 0 Å². The topological polar surface area (TPSA) is 49.3 Å². The van der Waals surface area contributed by atoms with Gasteiger partial charge in [-0.3, -0.25) is 0 Å². The van der Waals surface area contributed by atoms with Crippen molar-refractivity contribution < 1.29 is 19.0 Å². The Labute approximate surface area is 205 Å². The van der Waals surface area contributed by atoms with Gasteiger partial charge in [-0.1, -0.05) is 55.1 Å². The molecular weight excluding hydrogens is 426 g/mol. The van der Waals surface area contributed by atoms with Crippen LogP contribution in [0.5, 0.6) is 17.2 Å². The molecule has 0 saturated heterocycles. The molecule has 0 saturated carbocycles. The summed E-state index contributed by atoms with van der Waals surface area (Å²) >= 11 is 0. The lowest BCUT2D eigenvalue weighted by Gasteiger charge is -2.16. The van der Waals surface area contributed by atoms with Crippen LogP contribution < -0.4 is 14.2 Å². The van der Waals surface area contributed by atoms with Gasteiger partial charge in [0.05, 0.1) is 5.71 Å². The van der Waals surface area contributed by atoms with E-state index >= 15 is 0 Å². The maximum absolute atomic E-state index is 6.11. The molecule has 2 aromatic carbocycles. The molecular formula is C29H39NO4. The average Bonchev–Trinajstić information content (AvgIpc) is 2.82. The van der Waals surface area contributed by atoms with E-state index in [4.69, 9.17) is 19.0 Å². The normalized spacial score (nSPS) is 12.6. The summed E-state index contributed by atoms with van der Waals surface area (Å²) in [6, 6.07) is 11.7. The van der Waals surface area contributed by atoms with Gasteiger partial charge in [-0.25, -0.2) is 0 Å². The van der Waals surface area contributed by atoms with Gasteiger partial charge in [0.25, 0.3) is 0 Å². The van der Waals surface area contributed by atoms with Crippen LogP contribution in [0.2, 0.25) is 0 Å². The number of oxime groups is 1. The largest absolute Gasteiger partial charge is 0.490 e. The Morgan fingerprint density at radius 3 is 2.18 bits per heavy atom. The van der Waals surface area contributed by atoms with E-state index in [0.29, 0.717) is 6.61 Å². The van der Waals surface area contributed by atoms with E-state index in [1.165, 1.54) is 7.11 Å². The highest BCUT2D eigenvalue weighted by Crippen LogP contribution is 2.29. The quantitative estimate of drug-likeness (QED) is 0.175. The number of rotatable bonds is 9. The summed E-state index contributed by atoms with van der Waals surface area (Å²) in [6.45, 7) is 16.3. The molecule has 0 bridgehead atoms. The molecule has 0 aromatic heterocycles. The molecule has 0 aliphatic carbocycles. The third kappa shape index (κ3) is 9.62. The number of nitrogens with zero attached hydrogens (tertiary/aromatic N) is 1. The van der Waals surface area contributed by atoms with Crippen LogP contribution in [-0.4, -0.2) is 31.6 Å². The van der Waals surface area contributed by atoms with Gasteiger partial charge in [0.1, 0.15) is 31.0 Å². The maximum atomic E-state index is 6.11. The van der Waals surface area contributed by atoms with Gasteiger partial charge in [0.2, 0.25) is 0 Å². The van der Waals surface area contributed by atoms with Gasteiger partial charge in [0, 0.05) is 5.56 Å². The first-order chi connectivity index (χ1) is 16.3. The molecule has 2 atom stereocenters. The maximum Gasteiger partial charge on any atom is 0.156 e. The van der Waals surface area contributed by atoms with Crippen molar-refractivity contribution in [1.29, 1.82) is 0 Å². The number of benzene rings is 2. The van der Waals surface area contributed by atoms with Gasteiger partial charge in [-0.05, 0) is 76.9 Å². The molecule has 0 amide bonds. The smallest absolute Gasteiger partial charge is 0.156 e. The van der Waals surface area contributed by atoms with Crippen molar-refractivity contribution in [3.8, 4) is 29.1 Å². The molecule has 5 nitrogen and oxygen atoms in total. The zero-order valence-electron chi connectivity index (χ0n) is 22.1. The number of allylic oxidation sites excluding steroid dienone is 1. The van der Waals surface area contributed by atoms with Crippen molar-refractivity contribution in [2.75, 3.05) is 13.7 Å². The Bertz CT molecular complexity index is 991. The van der Waals surface area contributed by atoms with E-state index in [9.17, 15) is 0 Å². The predicted molar refractivity (Wildman–Crippen MR) is 141 cm³/mol. The highest BCUT2D eigenvalue weighted by atomic mass is 16.6. The summed E-state index contributed by atoms with van der Waals surface area (Å²) in [5.74, 6) is 8.65. The second-order valence-corrected chi connectivity index (χ2v) is 7.46. The number of hydrogen-bond acceptors (Lipinski definition) is 5. The van der Waals surface area contributed by atoms with Crippen LogP contribution in [0.3, 0.4) is 0 Å². The monoisotopic (exact) mass is 465 g/mol. The summed E-state index contributed by atoms with van der Waals surface area (Å²) in [5, 5.41) is 3.96. The molecule has 0 aliphatic heterocycles. The zero-order valence-corrected chi connectivity index (χ0v) is 22.1. The Balaban J connectivity index is 0.00000281. The van der Waals surface area contributed by atoms with Crippen LogP contribution in [0, 0.1) is 25.7 Å². The molecule has 0 N–H and O–H groups in total. The fraction of sp³-hybridized carbons (Fsp3) is 0.414. The van der Waals surface area contributed by atoms with Gasteiger partial charge in [0.15, 0.2) is 12.2 Å². The third-order valence-electron chi connectivity index (χ3n) is 4.59. The van der Waals surface area contributed by atoms with Crippen LogP contribution >= 0.6 is 0 Å². The molecule has 2 unspecified atom stereocenters. The molecule has 0 radical (unpaired) electrons. The molecule has 0 aliphatic rings. The van der Waals surface area contributed by atoms with Gasteiger partial charge >= 0.3 is 0 Å². The summed E-state index contributed by atoms with van der Waals surface area (Å²) < 4.78 is 17.8. The minimum absolute atomic E-state index is 0.282. The lowest BCUT2D eigenvalue weighted by molar-refractivity contribution is 0.213. The third-order valence-corrected chi connectivity index (χ3v) is 4.59. The van der Waals surface area contributed by atoms with E-state index in [0.717, 1.165) is 39.7 Å². The summed E-state index contributed by atoms with van der Waals surface area (Å²) in [4.78, 5) is 4.84. The predicted octanol–water partition coefficient (Wildman–Crippen LogP) is 6.89. The lowest BCUT2D eigenvalue weighted by Crippen LogP contribution is -2.14. The van der Waals surface area contributed by atoms with Crippen molar-refractivity contribution in [1.82, 2.24) is 0 Å². The molecule has 34 heavy (non-hydrogen) atoms. The standard InChI is InChI=1S/C27H33NO4.C2H6/c1-8-9-15-30-26-16-19(2)27(20(3)17-26)32-22(5)14-13-21(4)31-25-12-10-11-24(18-25)23(6)28-29-7;1-2/h8-12,16-18,21-22H,15H2,1-7H3;1-2H3/b9-8+,28-23?;. The average molecular weight is 466 g/mol. The highest BCUT2D eigenvalue weighted by Gasteiger charge is 2.10. The molecule has 0 spiro atoms. The summed E-state index contributed by atoms with van der Waals surface area (Å²) in [7, 11) is 1.53. The first kappa shape index (κ1) is 28.6. The van der Waals surface area contributed by atoms with E-state index in [1.807, 2.05) is 104 Å². The fourth-order valence-corrected chi connectivity index (χ4v) is 3.08. The Morgan fingerprint density at radius 2 is 1.59 bits per heavy atom. The van der Waals surface area contributed by atoms with Gasteiger partial charge in [-0.2, -0.15) is 0 Å². The summed E-state index contributed by atoms with van der Waals surface area (Å²) in [6.07, 6.45) is 3.37. The molecule has 0 fully saturated rings. The SMILES string of the molecule is C/C=C/COc1cc(C)c(OC(C)C#CC(C)Oc2cccc(C(C)=NOC)c2)c(C)c1.CC. The van der Waals surface area contributed by atoms with E-state index in [2.05, 4.69) is 17.0 Å². The second kappa shape index (κ2) is 15.4. The highest BCUT2D eigenvalue weighted by molar-refractivity contribution is 5.98. The van der Waals surface area contributed by atoms with Crippen LogP contribution in [-0.2, 0) is 4.84 Å². The van der Waals surface area contributed by atoms with Crippen molar-refractivity contribution in [2.24, 2.45) is 5.16 Å². The molecule has 184 valence electrons. The fourth-order valence-electron chi connectivity index (χ4n) is 3.08. The minimum Gasteiger partial charge on any atom is -0.490 e. The van der Waals surface area contributed by atoms with Crippen LogP contribution in [0.1, 0.15) is 58.2 Å². The Hall–Kier alpha value is -3.39. The first-order valence-corrected chi connectivity index (χ1v) is 11.7. The van der Waals surface area contributed by atoms with Crippen molar-refractivity contribution in [3.05, 3.63) is 65.2 Å². The number of aryl methyl sites for hydroxylation is 2. The van der Waals surface area contributed by atoms with E-state index in [-0.39, 0.29) is 12.2 Å². The van der Waals surface area contributed by atoms with Crippen molar-refractivity contribution in [3.63, 3.8) is 0 Å². The summed E-state index contributed by atoms with van der Waals surface area (Å²) in [5.41, 5.74) is 3.75.